The Balaban J connectivity index is 2.58. The first-order chi connectivity index (χ1) is 9.17. The van der Waals surface area contributed by atoms with Crippen LogP contribution in [0.4, 0.5) is 0 Å². The summed E-state index contributed by atoms with van der Waals surface area (Å²) in [6.07, 6.45) is 2.56. The number of methoxy groups -OCH3 is 1. The molecule has 1 aromatic heterocycles. The minimum atomic E-state index is 0.345. The lowest BCUT2D eigenvalue weighted by atomic mass is 10.0. The van der Waals surface area contributed by atoms with Crippen LogP contribution in [0.25, 0.3) is 10.9 Å². The van der Waals surface area contributed by atoms with Gasteiger partial charge >= 0.3 is 0 Å². The van der Waals surface area contributed by atoms with Crippen molar-refractivity contribution in [3.8, 4) is 11.5 Å². The van der Waals surface area contributed by atoms with Gasteiger partial charge in [-0.3, -0.25) is 0 Å². The third-order valence-electron chi connectivity index (χ3n) is 2.96. The standard InChI is InChI=1S/C15H20N2O2/c1-5-6-19-14-7-11-12(8-13(14)18-4)16-9-17-15(11)10(2)3/h7-10H,5-6H2,1-4H3. The van der Waals surface area contributed by atoms with Gasteiger partial charge in [-0.2, -0.15) is 0 Å². The van der Waals surface area contributed by atoms with Crippen molar-refractivity contribution in [3.63, 3.8) is 0 Å². The number of benzene rings is 1. The van der Waals surface area contributed by atoms with E-state index in [1.807, 2.05) is 12.1 Å². The predicted octanol–water partition coefficient (Wildman–Crippen LogP) is 3.55. The van der Waals surface area contributed by atoms with E-state index in [1.165, 1.54) is 0 Å². The summed E-state index contributed by atoms with van der Waals surface area (Å²) in [6, 6.07) is 3.90. The molecule has 0 radical (unpaired) electrons. The van der Waals surface area contributed by atoms with Crippen LogP contribution in [0.1, 0.15) is 38.8 Å². The van der Waals surface area contributed by atoms with Crippen molar-refractivity contribution in [2.45, 2.75) is 33.1 Å². The Morgan fingerprint density at radius 3 is 2.58 bits per heavy atom. The summed E-state index contributed by atoms with van der Waals surface area (Å²) in [7, 11) is 1.64. The third-order valence-corrected chi connectivity index (χ3v) is 2.96. The zero-order valence-corrected chi connectivity index (χ0v) is 11.9. The molecule has 19 heavy (non-hydrogen) atoms. The summed E-state index contributed by atoms with van der Waals surface area (Å²) in [6.45, 7) is 7.00. The molecule has 0 bridgehead atoms. The molecule has 4 heteroatoms. The Hall–Kier alpha value is -1.84. The zero-order valence-electron chi connectivity index (χ0n) is 11.9. The fraction of sp³-hybridized carbons (Fsp3) is 0.467. The van der Waals surface area contributed by atoms with Gasteiger partial charge in [0.25, 0.3) is 0 Å². The van der Waals surface area contributed by atoms with Crippen molar-refractivity contribution in [2.24, 2.45) is 0 Å². The average Bonchev–Trinajstić information content (AvgIpc) is 2.43. The molecular formula is C15H20N2O2. The molecule has 2 aromatic rings. The van der Waals surface area contributed by atoms with Gasteiger partial charge < -0.3 is 9.47 Å². The van der Waals surface area contributed by atoms with Crippen LogP contribution in [0.5, 0.6) is 11.5 Å². The van der Waals surface area contributed by atoms with Gasteiger partial charge in [-0.25, -0.2) is 9.97 Å². The van der Waals surface area contributed by atoms with E-state index in [1.54, 1.807) is 13.4 Å². The first-order valence-electron chi connectivity index (χ1n) is 6.62. The van der Waals surface area contributed by atoms with Crippen LogP contribution in [0.15, 0.2) is 18.5 Å². The molecule has 0 spiro atoms. The lowest BCUT2D eigenvalue weighted by Crippen LogP contribution is -2.00. The third kappa shape index (κ3) is 2.78. The van der Waals surface area contributed by atoms with Gasteiger partial charge in [0.1, 0.15) is 6.33 Å². The Morgan fingerprint density at radius 1 is 1.16 bits per heavy atom. The second-order valence-corrected chi connectivity index (χ2v) is 4.78. The normalized spacial score (nSPS) is 11.0. The maximum atomic E-state index is 5.74. The van der Waals surface area contributed by atoms with Gasteiger partial charge in [0.15, 0.2) is 11.5 Å². The van der Waals surface area contributed by atoms with Crippen molar-refractivity contribution < 1.29 is 9.47 Å². The smallest absolute Gasteiger partial charge is 0.162 e. The van der Waals surface area contributed by atoms with E-state index in [9.17, 15) is 0 Å². The molecule has 0 N–H and O–H groups in total. The average molecular weight is 260 g/mol. The molecule has 0 unspecified atom stereocenters. The fourth-order valence-electron chi connectivity index (χ4n) is 2.03. The second-order valence-electron chi connectivity index (χ2n) is 4.78. The Labute approximate surface area is 113 Å². The van der Waals surface area contributed by atoms with E-state index in [0.29, 0.717) is 18.3 Å². The van der Waals surface area contributed by atoms with Crippen LogP contribution in [-0.4, -0.2) is 23.7 Å². The highest BCUT2D eigenvalue weighted by atomic mass is 16.5. The van der Waals surface area contributed by atoms with Crippen molar-refractivity contribution in [3.05, 3.63) is 24.2 Å². The Kier molecular flexibility index (Phi) is 4.20. The number of fused-ring (bicyclic) bond motifs is 1. The van der Waals surface area contributed by atoms with Crippen LogP contribution in [0.2, 0.25) is 0 Å². The molecule has 1 heterocycles. The lowest BCUT2D eigenvalue weighted by molar-refractivity contribution is 0.295. The number of hydrogen-bond acceptors (Lipinski definition) is 4. The topological polar surface area (TPSA) is 44.2 Å². The highest BCUT2D eigenvalue weighted by molar-refractivity contribution is 5.84. The maximum absolute atomic E-state index is 5.74. The predicted molar refractivity (Wildman–Crippen MR) is 76.0 cm³/mol. The summed E-state index contributed by atoms with van der Waals surface area (Å²) in [5.41, 5.74) is 1.92. The molecule has 102 valence electrons. The van der Waals surface area contributed by atoms with Gasteiger partial charge in [-0.1, -0.05) is 20.8 Å². The van der Waals surface area contributed by atoms with Crippen molar-refractivity contribution in [2.75, 3.05) is 13.7 Å². The molecule has 0 aliphatic rings. The highest BCUT2D eigenvalue weighted by Gasteiger charge is 2.13. The van der Waals surface area contributed by atoms with Crippen molar-refractivity contribution in [1.29, 1.82) is 0 Å². The van der Waals surface area contributed by atoms with E-state index in [2.05, 4.69) is 30.7 Å². The minimum Gasteiger partial charge on any atom is -0.493 e. The SMILES string of the molecule is CCCOc1cc2c(C(C)C)ncnc2cc1OC. The summed E-state index contributed by atoms with van der Waals surface area (Å²) >= 11 is 0. The monoisotopic (exact) mass is 260 g/mol. The first-order valence-corrected chi connectivity index (χ1v) is 6.62. The van der Waals surface area contributed by atoms with E-state index in [0.717, 1.165) is 28.8 Å². The van der Waals surface area contributed by atoms with Gasteiger partial charge in [0.05, 0.1) is 24.9 Å². The lowest BCUT2D eigenvalue weighted by Gasteiger charge is -2.13. The van der Waals surface area contributed by atoms with E-state index >= 15 is 0 Å². The van der Waals surface area contributed by atoms with Crippen LogP contribution in [0, 0.1) is 0 Å². The van der Waals surface area contributed by atoms with Gasteiger partial charge in [0.2, 0.25) is 0 Å². The Bertz CT molecular complexity index is 567. The van der Waals surface area contributed by atoms with Gasteiger partial charge in [0, 0.05) is 11.5 Å². The number of hydrogen-bond donors (Lipinski definition) is 0. The molecule has 2 rings (SSSR count). The molecule has 0 aliphatic heterocycles. The molecular weight excluding hydrogens is 240 g/mol. The molecule has 0 aliphatic carbocycles. The van der Waals surface area contributed by atoms with E-state index < -0.39 is 0 Å². The summed E-state index contributed by atoms with van der Waals surface area (Å²) in [5.74, 6) is 1.82. The Morgan fingerprint density at radius 2 is 1.95 bits per heavy atom. The van der Waals surface area contributed by atoms with Gasteiger partial charge in [-0.15, -0.1) is 0 Å². The summed E-state index contributed by atoms with van der Waals surface area (Å²) < 4.78 is 11.1. The first kappa shape index (κ1) is 13.6. The van der Waals surface area contributed by atoms with Crippen molar-refractivity contribution in [1.82, 2.24) is 9.97 Å². The number of aromatic nitrogens is 2. The highest BCUT2D eigenvalue weighted by Crippen LogP contribution is 2.34. The van der Waals surface area contributed by atoms with Crippen LogP contribution in [-0.2, 0) is 0 Å². The molecule has 0 atom stereocenters. The van der Waals surface area contributed by atoms with E-state index in [4.69, 9.17) is 9.47 Å². The molecule has 0 fully saturated rings. The summed E-state index contributed by atoms with van der Waals surface area (Å²) in [4.78, 5) is 8.68. The quantitative estimate of drug-likeness (QED) is 0.824. The largest absolute Gasteiger partial charge is 0.493 e. The molecule has 1 aromatic carbocycles. The van der Waals surface area contributed by atoms with Crippen LogP contribution >= 0.6 is 0 Å². The molecule has 0 saturated heterocycles. The van der Waals surface area contributed by atoms with Gasteiger partial charge in [-0.05, 0) is 18.4 Å². The maximum Gasteiger partial charge on any atom is 0.162 e. The van der Waals surface area contributed by atoms with Crippen molar-refractivity contribution >= 4 is 10.9 Å². The number of nitrogens with zero attached hydrogens (tertiary/aromatic N) is 2. The van der Waals surface area contributed by atoms with Crippen LogP contribution in [0.3, 0.4) is 0 Å². The summed E-state index contributed by atoms with van der Waals surface area (Å²) in [5, 5.41) is 1.03. The number of rotatable bonds is 5. The molecule has 4 nitrogen and oxygen atoms in total. The fourth-order valence-corrected chi connectivity index (χ4v) is 2.03. The molecule has 0 saturated carbocycles. The zero-order chi connectivity index (χ0) is 13.8. The van der Waals surface area contributed by atoms with Crippen LogP contribution < -0.4 is 9.47 Å². The molecule has 0 amide bonds. The second kappa shape index (κ2) is 5.87. The minimum absolute atomic E-state index is 0.345. The van der Waals surface area contributed by atoms with E-state index in [-0.39, 0.29) is 0 Å². The number of ether oxygens (including phenoxy) is 2.